The van der Waals surface area contributed by atoms with Crippen LogP contribution in [-0.2, 0) is 23.9 Å². The summed E-state index contributed by atoms with van der Waals surface area (Å²) >= 11 is 0. The van der Waals surface area contributed by atoms with Gasteiger partial charge in [0.05, 0.1) is 19.3 Å². The van der Waals surface area contributed by atoms with Gasteiger partial charge in [0, 0.05) is 58.7 Å². The minimum atomic E-state index is -0.341. The highest BCUT2D eigenvalue weighted by Crippen LogP contribution is 2.71. The molecular weight excluding hydrogens is 592 g/mol. The summed E-state index contributed by atoms with van der Waals surface area (Å²) in [5.74, 6) is 4.15. The van der Waals surface area contributed by atoms with E-state index in [9.17, 15) is 14.4 Å². The van der Waals surface area contributed by atoms with Crippen LogP contribution in [0.5, 0.6) is 0 Å². The van der Waals surface area contributed by atoms with Gasteiger partial charge in [-0.2, -0.15) is 0 Å². The van der Waals surface area contributed by atoms with Gasteiger partial charge in [-0.3, -0.25) is 19.3 Å². The zero-order valence-corrected chi connectivity index (χ0v) is 30.1. The summed E-state index contributed by atoms with van der Waals surface area (Å²) in [5, 5.41) is 3.29. The standard InChI is InChI=1S/C38H62N4O5/c1-24-9-14-38(46-23-24)25(2)35-31(47-38)20-30-28-8-7-26-19-27(10-12-36(26,3)29(28)11-13-37(30,35)4)39-32(43)21-33(44)42-17-15-41(16-18-42)22-34(45)40(5)6/h24-31,35H,7-23H2,1-6H3,(H,39,43)/t24-,25-,26+,27?,28+,29?,30-,31-,35-,36-,37-,38+/m0/s1. The smallest absolute Gasteiger partial charge is 0.236 e. The van der Waals surface area contributed by atoms with E-state index in [0.29, 0.717) is 73.3 Å². The molecule has 7 aliphatic rings. The number of piperazine rings is 1. The summed E-state index contributed by atoms with van der Waals surface area (Å²) in [6.07, 6.45) is 12.2. The molecule has 0 radical (unpaired) electrons. The molecule has 4 saturated carbocycles. The van der Waals surface area contributed by atoms with Crippen molar-refractivity contribution in [3.05, 3.63) is 0 Å². The van der Waals surface area contributed by atoms with E-state index in [1.165, 1.54) is 44.9 Å². The monoisotopic (exact) mass is 654 g/mol. The lowest BCUT2D eigenvalue weighted by Gasteiger charge is -2.61. The molecule has 7 fully saturated rings. The van der Waals surface area contributed by atoms with Crippen molar-refractivity contribution < 1.29 is 23.9 Å². The highest BCUT2D eigenvalue weighted by Gasteiger charge is 2.69. The molecule has 0 aromatic rings. The summed E-state index contributed by atoms with van der Waals surface area (Å²) in [6.45, 7) is 13.6. The number of ether oxygens (including phenoxy) is 2. The van der Waals surface area contributed by atoms with Crippen LogP contribution in [0, 0.1) is 52.3 Å². The molecular formula is C38H62N4O5. The highest BCUT2D eigenvalue weighted by molar-refractivity contribution is 5.97. The van der Waals surface area contributed by atoms with Gasteiger partial charge in [-0.1, -0.05) is 27.7 Å². The quantitative estimate of drug-likeness (QED) is 0.438. The zero-order chi connectivity index (χ0) is 33.3. The van der Waals surface area contributed by atoms with Crippen LogP contribution < -0.4 is 5.32 Å². The summed E-state index contributed by atoms with van der Waals surface area (Å²) < 4.78 is 13.5. The second-order valence-corrected chi connectivity index (χ2v) is 17.8. The summed E-state index contributed by atoms with van der Waals surface area (Å²) in [6, 6.07) is 0.169. The van der Waals surface area contributed by atoms with Crippen molar-refractivity contribution in [1.82, 2.24) is 20.0 Å². The molecule has 0 bridgehead atoms. The number of carbonyl (C=O) groups is 3. The van der Waals surface area contributed by atoms with Crippen molar-refractivity contribution in [2.24, 2.45) is 52.3 Å². The van der Waals surface area contributed by atoms with E-state index >= 15 is 0 Å². The molecule has 1 N–H and O–H groups in total. The fraction of sp³-hybridized carbons (Fsp3) is 0.921. The van der Waals surface area contributed by atoms with Crippen molar-refractivity contribution in [3.8, 4) is 0 Å². The van der Waals surface area contributed by atoms with Gasteiger partial charge in [0.25, 0.3) is 0 Å². The first-order valence-corrected chi connectivity index (χ1v) is 19.1. The first-order chi connectivity index (χ1) is 22.3. The van der Waals surface area contributed by atoms with E-state index in [1.54, 1.807) is 23.9 Å². The second kappa shape index (κ2) is 12.6. The maximum atomic E-state index is 13.1. The molecule has 12 atom stereocenters. The topological polar surface area (TPSA) is 91.4 Å². The fourth-order valence-corrected chi connectivity index (χ4v) is 12.4. The Morgan fingerprint density at radius 3 is 2.32 bits per heavy atom. The molecule has 3 aliphatic heterocycles. The van der Waals surface area contributed by atoms with E-state index in [2.05, 4.69) is 37.9 Å². The molecule has 47 heavy (non-hydrogen) atoms. The first-order valence-electron chi connectivity index (χ1n) is 19.1. The van der Waals surface area contributed by atoms with Crippen LogP contribution >= 0.6 is 0 Å². The Kier molecular flexibility index (Phi) is 9.03. The van der Waals surface area contributed by atoms with Crippen molar-refractivity contribution in [1.29, 1.82) is 0 Å². The lowest BCUT2D eigenvalue weighted by Crippen LogP contribution is -2.56. The number of fused-ring (bicyclic) bond motifs is 7. The summed E-state index contributed by atoms with van der Waals surface area (Å²) in [5.41, 5.74) is 0.682. The molecule has 3 saturated heterocycles. The Labute approximate surface area is 283 Å². The third-order valence-electron chi connectivity index (χ3n) is 15.2. The van der Waals surface area contributed by atoms with Crippen molar-refractivity contribution in [2.45, 2.75) is 116 Å². The Morgan fingerprint density at radius 2 is 1.62 bits per heavy atom. The zero-order valence-electron chi connectivity index (χ0n) is 30.1. The van der Waals surface area contributed by atoms with E-state index in [-0.39, 0.29) is 36.0 Å². The molecule has 0 aromatic carbocycles. The lowest BCUT2D eigenvalue weighted by molar-refractivity contribution is -0.273. The predicted molar refractivity (Wildman–Crippen MR) is 180 cm³/mol. The SMILES string of the molecule is C[C@H]1CC[C@@]2(OC1)O[C@H]1C[C@H]3[C@@H]4CC[C@@H]5CC(NC(=O)CC(=O)N6CCN(CC(=O)N(C)C)CC6)CC[C@]5(C)C4CC[C@]3(C)[C@H]1[C@@H]2C. The van der Waals surface area contributed by atoms with Crippen LogP contribution in [-0.4, -0.2) is 104 Å². The van der Waals surface area contributed by atoms with Crippen molar-refractivity contribution in [2.75, 3.05) is 53.4 Å². The van der Waals surface area contributed by atoms with Crippen LogP contribution in [0.25, 0.3) is 0 Å². The number of hydrogen-bond acceptors (Lipinski definition) is 6. The number of carbonyl (C=O) groups excluding carboxylic acids is 3. The van der Waals surface area contributed by atoms with Crippen LogP contribution in [0.3, 0.4) is 0 Å². The van der Waals surface area contributed by atoms with E-state index in [0.717, 1.165) is 43.6 Å². The van der Waals surface area contributed by atoms with E-state index < -0.39 is 0 Å². The van der Waals surface area contributed by atoms with Crippen LogP contribution in [0.2, 0.25) is 0 Å². The maximum absolute atomic E-state index is 13.1. The van der Waals surface area contributed by atoms with Gasteiger partial charge in [-0.15, -0.1) is 0 Å². The minimum Gasteiger partial charge on any atom is -0.353 e. The Balaban J connectivity index is 0.913. The lowest BCUT2D eigenvalue weighted by atomic mass is 9.44. The van der Waals surface area contributed by atoms with Gasteiger partial charge < -0.3 is 24.6 Å². The first kappa shape index (κ1) is 33.8. The normalized spacial score (nSPS) is 46.3. The number of hydrogen-bond donors (Lipinski definition) is 1. The molecule has 3 amide bonds. The molecule has 4 aliphatic carbocycles. The molecule has 9 nitrogen and oxygen atoms in total. The van der Waals surface area contributed by atoms with Crippen LogP contribution in [0.15, 0.2) is 0 Å². The number of nitrogens with one attached hydrogen (secondary N) is 1. The average Bonchev–Trinajstić information content (AvgIpc) is 3.48. The van der Waals surface area contributed by atoms with Gasteiger partial charge >= 0.3 is 0 Å². The summed E-state index contributed by atoms with van der Waals surface area (Å²) in [4.78, 5) is 43.6. The van der Waals surface area contributed by atoms with Crippen molar-refractivity contribution >= 4 is 17.7 Å². The number of rotatable bonds is 5. The molecule has 264 valence electrons. The Bertz CT molecular complexity index is 1210. The van der Waals surface area contributed by atoms with Crippen LogP contribution in [0.1, 0.15) is 98.3 Å². The van der Waals surface area contributed by atoms with Gasteiger partial charge in [-0.05, 0) is 104 Å². The average molecular weight is 655 g/mol. The van der Waals surface area contributed by atoms with Crippen molar-refractivity contribution in [3.63, 3.8) is 0 Å². The third-order valence-corrected chi connectivity index (χ3v) is 15.2. The third kappa shape index (κ3) is 5.86. The second-order valence-electron chi connectivity index (χ2n) is 17.8. The molecule has 9 heteroatoms. The van der Waals surface area contributed by atoms with Gasteiger partial charge in [-0.25, -0.2) is 0 Å². The van der Waals surface area contributed by atoms with Gasteiger partial charge in [0.2, 0.25) is 17.7 Å². The van der Waals surface area contributed by atoms with E-state index in [1.807, 2.05) is 0 Å². The largest absolute Gasteiger partial charge is 0.353 e. The minimum absolute atomic E-state index is 0.0749. The van der Waals surface area contributed by atoms with Gasteiger partial charge in [0.15, 0.2) is 5.79 Å². The number of amides is 3. The molecule has 3 heterocycles. The fourth-order valence-electron chi connectivity index (χ4n) is 12.4. The number of likely N-dealkylation sites (N-methyl/N-ethyl adjacent to an activating group) is 1. The Morgan fingerprint density at radius 1 is 0.872 bits per heavy atom. The number of nitrogens with zero attached hydrogens (tertiary/aromatic N) is 3. The maximum Gasteiger partial charge on any atom is 0.236 e. The van der Waals surface area contributed by atoms with Crippen LogP contribution in [0.4, 0.5) is 0 Å². The molecule has 0 aromatic heterocycles. The highest BCUT2D eigenvalue weighted by atomic mass is 16.7. The molecule has 7 rings (SSSR count). The van der Waals surface area contributed by atoms with Gasteiger partial charge in [0.1, 0.15) is 6.42 Å². The summed E-state index contributed by atoms with van der Waals surface area (Å²) in [7, 11) is 3.53. The van der Waals surface area contributed by atoms with E-state index in [4.69, 9.17) is 9.47 Å². The Hall–Kier alpha value is -1.71. The molecule has 2 unspecified atom stereocenters. The predicted octanol–water partition coefficient (Wildman–Crippen LogP) is 4.54. The molecule has 1 spiro atoms.